The van der Waals surface area contributed by atoms with Crippen molar-refractivity contribution >= 4 is 28.6 Å². The molecular formula is C26H31N7O2S. The minimum atomic E-state index is -0.541. The van der Waals surface area contributed by atoms with Gasteiger partial charge in [0.05, 0.1) is 16.8 Å². The summed E-state index contributed by atoms with van der Waals surface area (Å²) >= 11 is 1.48. The molecule has 0 unspecified atom stereocenters. The third kappa shape index (κ3) is 3.43. The summed E-state index contributed by atoms with van der Waals surface area (Å²) in [5.74, 6) is 1.50. The highest BCUT2D eigenvalue weighted by molar-refractivity contribution is 7.98. The lowest BCUT2D eigenvalue weighted by Crippen LogP contribution is -2.41. The first-order valence-electron chi connectivity index (χ1n) is 13.0. The molecule has 0 aromatic carbocycles. The van der Waals surface area contributed by atoms with Crippen LogP contribution >= 0.6 is 11.8 Å². The lowest BCUT2D eigenvalue weighted by Gasteiger charge is -2.36. The second-order valence-corrected chi connectivity index (χ2v) is 11.3. The van der Waals surface area contributed by atoms with E-state index in [0.717, 1.165) is 69.2 Å². The summed E-state index contributed by atoms with van der Waals surface area (Å²) in [5.41, 5.74) is 2.06. The monoisotopic (exact) mass is 505 g/mol. The van der Waals surface area contributed by atoms with Gasteiger partial charge in [0.25, 0.3) is 0 Å². The fourth-order valence-corrected chi connectivity index (χ4v) is 7.27. The number of nitriles is 1. The largest absolute Gasteiger partial charge is 0.359 e. The average Bonchev–Trinajstić information content (AvgIpc) is 3.62. The predicted octanol–water partition coefficient (Wildman–Crippen LogP) is 4.45. The molecule has 0 amide bonds. The van der Waals surface area contributed by atoms with Gasteiger partial charge in [-0.05, 0) is 71.7 Å². The van der Waals surface area contributed by atoms with E-state index in [1.165, 1.54) is 11.8 Å². The molecule has 3 atom stereocenters. The SMILES string of the molecule is CSc1nc(-c2noc3c2CCC[C@@]32CCCCC2=O)nc2c1c(C#N)nn2[C@@H](C)[C@@H]1CCCN1C. The number of likely N-dealkylation sites (tertiary alicyclic amines) is 1. The number of thioether (sulfide) groups is 1. The Bertz CT molecular complexity index is 1390. The van der Waals surface area contributed by atoms with Crippen molar-refractivity contribution in [3.05, 3.63) is 17.0 Å². The van der Waals surface area contributed by atoms with Crippen LogP contribution < -0.4 is 0 Å². The van der Waals surface area contributed by atoms with Crippen molar-refractivity contribution in [2.45, 2.75) is 87.2 Å². The number of likely N-dealkylation sites (N-methyl/N-ethyl adjacent to an activating group) is 1. The number of hydrogen-bond acceptors (Lipinski definition) is 9. The molecule has 2 aliphatic carbocycles. The van der Waals surface area contributed by atoms with E-state index in [4.69, 9.17) is 19.6 Å². The molecule has 0 N–H and O–H groups in total. The summed E-state index contributed by atoms with van der Waals surface area (Å²) in [5, 5.41) is 20.5. The van der Waals surface area contributed by atoms with Gasteiger partial charge in [0.1, 0.15) is 16.9 Å². The van der Waals surface area contributed by atoms with E-state index < -0.39 is 5.41 Å². The van der Waals surface area contributed by atoms with Crippen LogP contribution in [0.5, 0.6) is 0 Å². The first kappa shape index (κ1) is 23.6. The Balaban J connectivity index is 1.51. The minimum Gasteiger partial charge on any atom is -0.359 e. The maximum absolute atomic E-state index is 13.1. The topological polar surface area (TPSA) is 114 Å². The van der Waals surface area contributed by atoms with Gasteiger partial charge in [-0.25, -0.2) is 14.6 Å². The van der Waals surface area contributed by atoms with E-state index in [2.05, 4.69) is 30.1 Å². The third-order valence-corrected chi connectivity index (χ3v) is 9.28. The Morgan fingerprint density at radius 3 is 2.75 bits per heavy atom. The van der Waals surface area contributed by atoms with Crippen molar-refractivity contribution in [3.8, 4) is 17.6 Å². The van der Waals surface area contributed by atoms with Crippen molar-refractivity contribution in [2.75, 3.05) is 19.8 Å². The van der Waals surface area contributed by atoms with Gasteiger partial charge in [0, 0.05) is 18.0 Å². The molecule has 4 heterocycles. The molecule has 0 bridgehead atoms. The van der Waals surface area contributed by atoms with E-state index in [0.29, 0.717) is 45.7 Å². The normalized spacial score (nSPS) is 25.4. The maximum Gasteiger partial charge on any atom is 0.185 e. The highest BCUT2D eigenvalue weighted by atomic mass is 32.2. The van der Waals surface area contributed by atoms with Crippen molar-refractivity contribution < 1.29 is 9.32 Å². The highest BCUT2D eigenvalue weighted by Crippen LogP contribution is 2.47. The van der Waals surface area contributed by atoms with Crippen LogP contribution in [0.25, 0.3) is 22.6 Å². The number of carbonyl (C=O) groups is 1. The van der Waals surface area contributed by atoms with Crippen LogP contribution in [0.15, 0.2) is 9.55 Å². The molecule has 3 aromatic rings. The standard InChI is InChI=1S/C26H31N7O2S/c1-15(18-9-7-13-32(18)2)33-24-20(17(14-27)30-33)25(36-3)29-23(28-24)21-16-8-6-12-26(22(16)35-31-21)11-5-4-10-19(26)34/h15,18H,4-13H2,1-3H3/t15-,18-,26+/m0/s1. The van der Waals surface area contributed by atoms with Gasteiger partial charge >= 0.3 is 0 Å². The quantitative estimate of drug-likeness (QED) is 0.375. The minimum absolute atomic E-state index is 0.0499. The van der Waals surface area contributed by atoms with E-state index in [9.17, 15) is 10.1 Å². The van der Waals surface area contributed by atoms with E-state index in [-0.39, 0.29) is 11.8 Å². The number of hydrogen-bond donors (Lipinski definition) is 0. The fourth-order valence-electron chi connectivity index (χ4n) is 6.70. The van der Waals surface area contributed by atoms with E-state index >= 15 is 0 Å². The van der Waals surface area contributed by atoms with Crippen molar-refractivity contribution in [3.63, 3.8) is 0 Å². The van der Waals surface area contributed by atoms with Crippen LogP contribution in [0.4, 0.5) is 0 Å². The van der Waals surface area contributed by atoms with Crippen LogP contribution in [0, 0.1) is 11.3 Å². The number of nitrogens with zero attached hydrogens (tertiary/aromatic N) is 7. The molecule has 3 aliphatic rings. The smallest absolute Gasteiger partial charge is 0.185 e. The molecule has 9 nitrogen and oxygen atoms in total. The molecule has 36 heavy (non-hydrogen) atoms. The van der Waals surface area contributed by atoms with Crippen LogP contribution in [0.1, 0.15) is 81.3 Å². The van der Waals surface area contributed by atoms with E-state index in [1.54, 1.807) is 0 Å². The Kier molecular flexibility index (Phi) is 5.88. The number of carbonyl (C=O) groups excluding carboxylic acids is 1. The summed E-state index contributed by atoms with van der Waals surface area (Å²) in [7, 11) is 2.14. The summed E-state index contributed by atoms with van der Waals surface area (Å²) in [6.45, 7) is 3.21. The first-order valence-corrected chi connectivity index (χ1v) is 14.2. The second kappa shape index (κ2) is 8.96. The van der Waals surface area contributed by atoms with Gasteiger partial charge in [-0.2, -0.15) is 10.4 Å². The zero-order valence-electron chi connectivity index (χ0n) is 21.1. The molecule has 6 rings (SSSR count). The summed E-state index contributed by atoms with van der Waals surface area (Å²) < 4.78 is 7.86. The Labute approximate surface area is 214 Å². The maximum atomic E-state index is 13.1. The van der Waals surface area contributed by atoms with Crippen molar-refractivity contribution in [1.29, 1.82) is 5.26 Å². The molecule has 1 spiro atoms. The van der Waals surface area contributed by atoms with Gasteiger partial charge in [-0.3, -0.25) is 4.79 Å². The average molecular weight is 506 g/mol. The first-order chi connectivity index (χ1) is 17.5. The molecule has 1 saturated heterocycles. The summed E-state index contributed by atoms with van der Waals surface area (Å²) in [6, 6.07) is 2.64. The lowest BCUT2D eigenvalue weighted by atomic mass is 9.64. The Morgan fingerprint density at radius 1 is 1.19 bits per heavy atom. The van der Waals surface area contributed by atoms with Gasteiger partial charge in [-0.15, -0.1) is 11.8 Å². The number of ketones is 1. The number of fused-ring (bicyclic) bond motifs is 3. The zero-order valence-corrected chi connectivity index (χ0v) is 21.9. The Morgan fingerprint density at radius 2 is 2.03 bits per heavy atom. The molecule has 1 saturated carbocycles. The summed E-state index contributed by atoms with van der Waals surface area (Å²) in [4.78, 5) is 25.3. The van der Waals surface area contributed by atoms with Gasteiger partial charge in [0.2, 0.25) is 0 Å². The van der Waals surface area contributed by atoms with Crippen molar-refractivity contribution in [2.24, 2.45) is 0 Å². The Hall–Kier alpha value is -2.77. The molecule has 0 radical (unpaired) electrons. The molecular weight excluding hydrogens is 474 g/mol. The highest BCUT2D eigenvalue weighted by Gasteiger charge is 2.48. The molecule has 3 aromatic heterocycles. The predicted molar refractivity (Wildman–Crippen MR) is 136 cm³/mol. The molecule has 188 valence electrons. The number of rotatable bonds is 4. The second-order valence-electron chi connectivity index (χ2n) is 10.5. The summed E-state index contributed by atoms with van der Waals surface area (Å²) in [6.07, 6.45) is 10.2. The van der Waals surface area contributed by atoms with Gasteiger partial charge in [0.15, 0.2) is 28.6 Å². The van der Waals surface area contributed by atoms with Gasteiger partial charge < -0.3 is 9.42 Å². The molecule has 10 heteroatoms. The molecule has 2 fully saturated rings. The van der Waals surface area contributed by atoms with Crippen molar-refractivity contribution in [1.82, 2.24) is 29.8 Å². The van der Waals surface area contributed by atoms with Crippen LogP contribution in [-0.2, 0) is 16.6 Å². The zero-order chi connectivity index (χ0) is 25.0. The third-order valence-electron chi connectivity index (χ3n) is 8.59. The van der Waals surface area contributed by atoms with E-state index in [1.807, 2.05) is 10.9 Å². The fraction of sp³-hybridized carbons (Fsp3) is 0.615. The van der Waals surface area contributed by atoms with Crippen LogP contribution in [0.2, 0.25) is 0 Å². The number of Topliss-reactive ketones (excluding diaryl/α,β-unsaturated/α-hetero) is 1. The number of aromatic nitrogens is 5. The van der Waals surface area contributed by atoms with Gasteiger partial charge in [-0.1, -0.05) is 11.6 Å². The van der Waals surface area contributed by atoms with Crippen LogP contribution in [-0.4, -0.2) is 61.5 Å². The van der Waals surface area contributed by atoms with Crippen LogP contribution in [0.3, 0.4) is 0 Å². The lowest BCUT2D eigenvalue weighted by molar-refractivity contribution is -0.128. The molecule has 1 aliphatic heterocycles.